The molecule has 0 fully saturated rings. The van der Waals surface area contributed by atoms with E-state index in [0.29, 0.717) is 0 Å². The van der Waals surface area contributed by atoms with Gasteiger partial charge in [-0.15, -0.1) is 0 Å². The highest BCUT2D eigenvalue weighted by molar-refractivity contribution is 7.68. The minimum atomic E-state index is -3.19. The summed E-state index contributed by atoms with van der Waals surface area (Å²) in [4.78, 5) is 0. The molecule has 0 bridgehead atoms. The Morgan fingerprint density at radius 3 is 1.15 bits per heavy atom. The molecule has 134 valence electrons. The van der Waals surface area contributed by atoms with Crippen LogP contribution < -0.4 is 15.3 Å². The summed E-state index contributed by atoms with van der Waals surface area (Å²) in [7, 11) is -3.19. The van der Waals surface area contributed by atoms with Crippen LogP contribution >= 0.6 is 7.59 Å². The molecule has 26 heavy (non-hydrogen) atoms. The number of hydrogen-bond donors (Lipinski definition) is 3. The summed E-state index contributed by atoms with van der Waals surface area (Å²) in [6.45, 7) is 6.04. The van der Waals surface area contributed by atoms with Crippen LogP contribution in [0.4, 0.5) is 17.1 Å². The zero-order chi connectivity index (χ0) is 18.6. The van der Waals surface area contributed by atoms with Crippen LogP contribution in [0.15, 0.2) is 72.8 Å². The van der Waals surface area contributed by atoms with Crippen molar-refractivity contribution < 1.29 is 4.57 Å². The Morgan fingerprint density at radius 1 is 0.577 bits per heavy atom. The summed E-state index contributed by atoms with van der Waals surface area (Å²) in [6, 6.07) is 23.5. The topological polar surface area (TPSA) is 53.2 Å². The molecule has 3 N–H and O–H groups in total. The van der Waals surface area contributed by atoms with Gasteiger partial charge in [-0.2, -0.15) is 0 Å². The average molecular weight is 365 g/mol. The first-order valence-electron chi connectivity index (χ1n) is 8.57. The molecule has 0 saturated heterocycles. The molecular formula is C21H24N3OP. The van der Waals surface area contributed by atoms with Gasteiger partial charge in [0.25, 0.3) is 0 Å². The van der Waals surface area contributed by atoms with E-state index in [1.54, 1.807) is 0 Å². The van der Waals surface area contributed by atoms with Crippen molar-refractivity contribution in [1.82, 2.24) is 0 Å². The van der Waals surface area contributed by atoms with Gasteiger partial charge in [0, 0.05) is 17.1 Å². The minimum absolute atomic E-state index is 0.800. The minimum Gasteiger partial charge on any atom is -0.304 e. The molecule has 0 aromatic heterocycles. The van der Waals surface area contributed by atoms with Gasteiger partial charge in [0.15, 0.2) is 0 Å². The van der Waals surface area contributed by atoms with Gasteiger partial charge in [0.1, 0.15) is 0 Å². The molecule has 0 radical (unpaired) electrons. The van der Waals surface area contributed by atoms with E-state index in [9.17, 15) is 4.57 Å². The Kier molecular flexibility index (Phi) is 5.34. The van der Waals surface area contributed by atoms with Gasteiger partial charge in [0.05, 0.1) is 0 Å². The maximum Gasteiger partial charge on any atom is 0.352 e. The van der Waals surface area contributed by atoms with Crippen molar-refractivity contribution in [2.24, 2.45) is 0 Å². The standard InChI is InChI=1S/C21H24N3OP/c1-16-7-4-10-19(13-16)22-26(25,23-20-11-5-8-17(2)14-20)24-21-12-6-9-18(3)15-21/h4-15H,1-3H3,(H3,22,23,24,25). The van der Waals surface area contributed by atoms with E-state index in [-0.39, 0.29) is 0 Å². The van der Waals surface area contributed by atoms with E-state index in [0.717, 1.165) is 33.8 Å². The average Bonchev–Trinajstić information content (AvgIpc) is 2.54. The first kappa shape index (κ1) is 18.1. The van der Waals surface area contributed by atoms with Crippen LogP contribution in [0.25, 0.3) is 0 Å². The van der Waals surface area contributed by atoms with E-state index >= 15 is 0 Å². The summed E-state index contributed by atoms with van der Waals surface area (Å²) in [5, 5.41) is 9.50. The van der Waals surface area contributed by atoms with Gasteiger partial charge in [-0.05, 0) is 73.9 Å². The first-order chi connectivity index (χ1) is 12.4. The fourth-order valence-corrected chi connectivity index (χ4v) is 4.45. The number of nitrogens with one attached hydrogen (secondary N) is 3. The molecule has 0 unspecified atom stereocenters. The van der Waals surface area contributed by atoms with E-state index in [1.807, 2.05) is 93.6 Å². The lowest BCUT2D eigenvalue weighted by atomic mass is 10.2. The molecule has 0 heterocycles. The maximum absolute atomic E-state index is 13.7. The predicted octanol–water partition coefficient (Wildman–Crippen LogP) is 6.36. The third kappa shape index (κ3) is 4.90. The van der Waals surface area contributed by atoms with Crippen molar-refractivity contribution in [2.45, 2.75) is 20.8 Å². The quantitative estimate of drug-likeness (QED) is 0.445. The van der Waals surface area contributed by atoms with Gasteiger partial charge in [-0.3, -0.25) is 4.57 Å². The molecule has 0 aliphatic rings. The summed E-state index contributed by atoms with van der Waals surface area (Å²) in [5.41, 5.74) is 5.71. The Balaban J connectivity index is 1.92. The monoisotopic (exact) mass is 365 g/mol. The Labute approximate surface area is 155 Å². The van der Waals surface area contributed by atoms with E-state index in [1.165, 1.54) is 0 Å². The van der Waals surface area contributed by atoms with Crippen molar-refractivity contribution in [3.05, 3.63) is 89.5 Å². The zero-order valence-electron chi connectivity index (χ0n) is 15.3. The van der Waals surface area contributed by atoms with Crippen molar-refractivity contribution in [3.8, 4) is 0 Å². The van der Waals surface area contributed by atoms with Crippen molar-refractivity contribution in [1.29, 1.82) is 0 Å². The molecule has 4 nitrogen and oxygen atoms in total. The van der Waals surface area contributed by atoms with Crippen molar-refractivity contribution in [2.75, 3.05) is 15.3 Å². The Hall–Kier alpha value is -2.71. The largest absolute Gasteiger partial charge is 0.352 e. The van der Waals surface area contributed by atoms with Gasteiger partial charge in [-0.25, -0.2) is 0 Å². The molecule has 0 aliphatic carbocycles. The van der Waals surface area contributed by atoms with Crippen LogP contribution in [-0.2, 0) is 4.57 Å². The van der Waals surface area contributed by atoms with Crippen molar-refractivity contribution >= 4 is 24.7 Å². The van der Waals surface area contributed by atoms with Crippen LogP contribution in [0.2, 0.25) is 0 Å². The third-order valence-corrected chi connectivity index (χ3v) is 5.63. The normalized spacial score (nSPS) is 11.0. The predicted molar refractivity (Wildman–Crippen MR) is 112 cm³/mol. The van der Waals surface area contributed by atoms with Crippen LogP contribution in [-0.4, -0.2) is 0 Å². The summed E-state index contributed by atoms with van der Waals surface area (Å²) in [5.74, 6) is 0. The first-order valence-corrected chi connectivity index (χ1v) is 10.3. The Bertz CT molecular complexity index is 833. The summed E-state index contributed by atoms with van der Waals surface area (Å²) in [6.07, 6.45) is 0. The number of hydrogen-bond acceptors (Lipinski definition) is 1. The van der Waals surface area contributed by atoms with Crippen LogP contribution in [0.3, 0.4) is 0 Å². The maximum atomic E-state index is 13.7. The molecule has 3 rings (SSSR count). The second-order valence-corrected chi connectivity index (χ2v) is 8.44. The lowest BCUT2D eigenvalue weighted by Crippen LogP contribution is -2.14. The molecule has 3 aromatic rings. The number of aryl methyl sites for hydroxylation is 3. The third-order valence-electron chi connectivity index (χ3n) is 3.91. The zero-order valence-corrected chi connectivity index (χ0v) is 16.2. The van der Waals surface area contributed by atoms with Gasteiger partial charge in [0.2, 0.25) is 0 Å². The van der Waals surface area contributed by atoms with Crippen LogP contribution in [0.1, 0.15) is 16.7 Å². The molecule has 0 aliphatic heterocycles. The summed E-state index contributed by atoms with van der Waals surface area (Å²) >= 11 is 0. The highest BCUT2D eigenvalue weighted by atomic mass is 31.2. The fraction of sp³-hybridized carbons (Fsp3) is 0.143. The molecule has 0 saturated carbocycles. The van der Waals surface area contributed by atoms with E-state index < -0.39 is 7.59 Å². The SMILES string of the molecule is Cc1cccc(NP(=O)(Nc2cccc(C)c2)Nc2cccc(C)c2)c1. The second kappa shape index (κ2) is 7.67. The van der Waals surface area contributed by atoms with Crippen LogP contribution in [0.5, 0.6) is 0 Å². The molecule has 5 heteroatoms. The van der Waals surface area contributed by atoms with Gasteiger partial charge in [-0.1, -0.05) is 36.4 Å². The smallest absolute Gasteiger partial charge is 0.304 e. The molecule has 0 amide bonds. The highest BCUT2D eigenvalue weighted by Crippen LogP contribution is 2.45. The van der Waals surface area contributed by atoms with Gasteiger partial charge < -0.3 is 15.3 Å². The summed E-state index contributed by atoms with van der Waals surface area (Å²) < 4.78 is 13.7. The molecule has 3 aromatic carbocycles. The van der Waals surface area contributed by atoms with E-state index in [4.69, 9.17) is 0 Å². The Morgan fingerprint density at radius 2 is 0.885 bits per heavy atom. The van der Waals surface area contributed by atoms with Crippen molar-refractivity contribution in [3.63, 3.8) is 0 Å². The lowest BCUT2D eigenvalue weighted by Gasteiger charge is -2.24. The van der Waals surface area contributed by atoms with Gasteiger partial charge >= 0.3 is 7.59 Å². The molecule has 0 spiro atoms. The fourth-order valence-electron chi connectivity index (χ4n) is 2.77. The van der Waals surface area contributed by atoms with Crippen LogP contribution in [0, 0.1) is 20.8 Å². The van der Waals surface area contributed by atoms with E-state index in [2.05, 4.69) is 15.3 Å². The highest BCUT2D eigenvalue weighted by Gasteiger charge is 2.22. The number of anilines is 3. The number of benzene rings is 3. The molecular weight excluding hydrogens is 341 g/mol. The molecule has 0 atom stereocenters. The number of rotatable bonds is 6. The lowest BCUT2D eigenvalue weighted by molar-refractivity contribution is 0.585. The second-order valence-electron chi connectivity index (χ2n) is 6.55.